The second-order valence-electron chi connectivity index (χ2n) is 2.73. The molecule has 4 nitrogen and oxygen atoms in total. The number of carboxylic acid groups (broad SMARTS) is 1. The van der Waals surface area contributed by atoms with E-state index in [4.69, 9.17) is 5.11 Å². The zero-order chi connectivity index (χ0) is 9.84. The van der Waals surface area contributed by atoms with Gasteiger partial charge in [0.2, 0.25) is 18.0 Å². The molecule has 0 saturated carbocycles. The van der Waals surface area contributed by atoms with Crippen LogP contribution in [0, 0.1) is 4.91 Å². The van der Waals surface area contributed by atoms with Crippen molar-refractivity contribution >= 4 is 17.9 Å². The Hall–Kier alpha value is -1.10. The summed E-state index contributed by atoms with van der Waals surface area (Å²) in [6.45, 7) is 3.39. The van der Waals surface area contributed by atoms with Crippen LogP contribution in [-0.4, -0.2) is 21.3 Å². The van der Waals surface area contributed by atoms with Crippen molar-refractivity contribution in [1.29, 1.82) is 0 Å². The summed E-state index contributed by atoms with van der Waals surface area (Å²) < 4.78 is 0.856. The second-order valence-corrected chi connectivity index (χ2v) is 3.58. The minimum atomic E-state index is -0.993. The number of hydrogen-bond acceptors (Lipinski definition) is 3. The lowest BCUT2D eigenvalue weighted by atomic mass is 10.1. The lowest BCUT2D eigenvalue weighted by molar-refractivity contribution is -0.401. The lowest BCUT2D eigenvalue weighted by Crippen LogP contribution is -2.13. The smallest absolute Gasteiger partial charge is 0.330 e. The quantitative estimate of drug-likeness (QED) is 0.426. The third-order valence-corrected chi connectivity index (χ3v) is 2.54. The van der Waals surface area contributed by atoms with E-state index in [2.05, 4.69) is 6.58 Å². The van der Waals surface area contributed by atoms with Crippen LogP contribution in [0.25, 0.3) is 0 Å². The molecule has 1 N–H and O–H groups in total. The molecule has 1 atom stereocenters. The highest BCUT2D eigenvalue weighted by molar-refractivity contribution is 7.96. The summed E-state index contributed by atoms with van der Waals surface area (Å²) in [7, 11) is 0. The van der Waals surface area contributed by atoms with E-state index < -0.39 is 5.97 Å². The molecule has 1 aliphatic rings. The number of carbonyl (C=O) groups is 1. The van der Waals surface area contributed by atoms with Crippen molar-refractivity contribution in [1.82, 2.24) is 0 Å². The highest BCUT2D eigenvalue weighted by Gasteiger charge is 2.28. The van der Waals surface area contributed by atoms with Crippen LogP contribution in [0.1, 0.15) is 12.8 Å². The second kappa shape index (κ2) is 4.23. The van der Waals surface area contributed by atoms with Crippen molar-refractivity contribution in [3.8, 4) is 0 Å². The Bertz CT molecular complexity index is 285. The van der Waals surface area contributed by atoms with Gasteiger partial charge in [0.05, 0.1) is 4.17 Å². The molecule has 1 heterocycles. The van der Waals surface area contributed by atoms with Crippen LogP contribution < -0.4 is 0 Å². The summed E-state index contributed by atoms with van der Waals surface area (Å²) in [6.07, 6.45) is 2.63. The number of rotatable bonds is 4. The fraction of sp³-hybridized carbons (Fsp3) is 0.375. The van der Waals surface area contributed by atoms with Crippen molar-refractivity contribution < 1.29 is 14.1 Å². The number of nitrogens with zero attached hydrogens (tertiary/aromatic N) is 1. The molecule has 70 valence electrons. The zero-order valence-corrected chi connectivity index (χ0v) is 7.79. The Balaban J connectivity index is 2.34. The first-order valence-corrected chi connectivity index (χ1v) is 4.66. The Labute approximate surface area is 80.0 Å². The normalized spacial score (nSPS) is 20.6. The Morgan fingerprint density at radius 1 is 1.69 bits per heavy atom. The molecule has 0 saturated heterocycles. The topological polar surface area (TPSA) is 57.4 Å². The van der Waals surface area contributed by atoms with Gasteiger partial charge in [0.25, 0.3) is 0 Å². The summed E-state index contributed by atoms with van der Waals surface area (Å²) >= 11 is 1.09. The van der Waals surface area contributed by atoms with Crippen molar-refractivity contribution in [3.05, 3.63) is 28.5 Å². The molecular weight excluding hydrogens is 190 g/mol. The van der Waals surface area contributed by atoms with E-state index in [0.29, 0.717) is 12.8 Å². The van der Waals surface area contributed by atoms with Crippen LogP contribution in [0.2, 0.25) is 0 Å². The molecule has 1 unspecified atom stereocenters. The van der Waals surface area contributed by atoms with E-state index in [1.807, 2.05) is 0 Å². The SMILES string of the molecule is C=C(CCC1C=CS[N+]1=O)C(=O)O. The van der Waals surface area contributed by atoms with E-state index >= 15 is 0 Å². The summed E-state index contributed by atoms with van der Waals surface area (Å²) in [5.41, 5.74) is 0.152. The first kappa shape index (κ1) is 9.98. The van der Waals surface area contributed by atoms with Gasteiger partial charge < -0.3 is 5.11 Å². The standard InChI is InChI=1S/C8H9NO3S/c1-6(8(10)11)2-3-7-4-5-13-9(7)12/h4-5,7H,1-3H2/p+1. The first-order chi connectivity index (χ1) is 6.11. The Kier molecular flexibility index (Phi) is 3.25. The lowest BCUT2D eigenvalue weighted by Gasteiger charge is -1.99. The van der Waals surface area contributed by atoms with E-state index in [9.17, 15) is 9.70 Å². The van der Waals surface area contributed by atoms with Crippen molar-refractivity contribution in [2.45, 2.75) is 18.9 Å². The van der Waals surface area contributed by atoms with Crippen LogP contribution in [-0.2, 0) is 4.79 Å². The largest absolute Gasteiger partial charge is 0.478 e. The van der Waals surface area contributed by atoms with Gasteiger partial charge in [0, 0.05) is 28.4 Å². The van der Waals surface area contributed by atoms with Crippen molar-refractivity contribution in [2.75, 3.05) is 0 Å². The molecule has 0 fully saturated rings. The van der Waals surface area contributed by atoms with Gasteiger partial charge in [-0.15, -0.1) is 0 Å². The van der Waals surface area contributed by atoms with E-state index in [1.54, 1.807) is 11.5 Å². The minimum absolute atomic E-state index is 0.152. The third-order valence-electron chi connectivity index (χ3n) is 1.78. The molecule has 5 heteroatoms. The molecule has 1 aliphatic heterocycles. The molecule has 1 rings (SSSR count). The zero-order valence-electron chi connectivity index (χ0n) is 6.97. The highest BCUT2D eigenvalue weighted by atomic mass is 32.2. The third kappa shape index (κ3) is 2.69. The maximum atomic E-state index is 11.0. The molecule has 0 aromatic carbocycles. The molecule has 0 aliphatic carbocycles. The van der Waals surface area contributed by atoms with Crippen LogP contribution in [0.4, 0.5) is 0 Å². The summed E-state index contributed by atoms with van der Waals surface area (Å²) in [6, 6.07) is -0.207. The maximum absolute atomic E-state index is 11.0. The highest BCUT2D eigenvalue weighted by Crippen LogP contribution is 2.22. The van der Waals surface area contributed by atoms with Gasteiger partial charge in [-0.1, -0.05) is 6.58 Å². The van der Waals surface area contributed by atoms with Gasteiger partial charge in [-0.05, 0) is 6.42 Å². The summed E-state index contributed by atoms with van der Waals surface area (Å²) in [5.74, 6) is -0.993. The minimum Gasteiger partial charge on any atom is -0.478 e. The van der Waals surface area contributed by atoms with E-state index in [1.165, 1.54) is 0 Å². The van der Waals surface area contributed by atoms with Crippen LogP contribution in [0.5, 0.6) is 0 Å². The number of aliphatic carboxylic acids is 1. The predicted octanol–water partition coefficient (Wildman–Crippen LogP) is 1.73. The van der Waals surface area contributed by atoms with Gasteiger partial charge in [-0.3, -0.25) is 0 Å². The van der Waals surface area contributed by atoms with Crippen molar-refractivity contribution in [2.24, 2.45) is 0 Å². The Morgan fingerprint density at radius 3 is 2.85 bits per heavy atom. The fourth-order valence-corrected chi connectivity index (χ4v) is 1.67. The summed E-state index contributed by atoms with van der Waals surface area (Å²) in [5, 5.41) is 10.2. The van der Waals surface area contributed by atoms with E-state index in [0.717, 1.165) is 16.1 Å². The van der Waals surface area contributed by atoms with Crippen LogP contribution in [0.3, 0.4) is 0 Å². The predicted molar refractivity (Wildman–Crippen MR) is 50.2 cm³/mol. The average molecular weight is 200 g/mol. The van der Waals surface area contributed by atoms with Gasteiger partial charge in [0.15, 0.2) is 0 Å². The van der Waals surface area contributed by atoms with Gasteiger partial charge >= 0.3 is 5.97 Å². The molecule has 0 aromatic heterocycles. The number of carboxylic acids is 1. The molecule has 0 aromatic rings. The van der Waals surface area contributed by atoms with Gasteiger partial charge in [0.1, 0.15) is 0 Å². The molecular formula is C8H10NO3S+. The molecule has 0 radical (unpaired) electrons. The van der Waals surface area contributed by atoms with Crippen LogP contribution in [0.15, 0.2) is 23.6 Å². The van der Waals surface area contributed by atoms with E-state index in [-0.39, 0.29) is 11.6 Å². The van der Waals surface area contributed by atoms with Gasteiger partial charge in [-0.25, -0.2) is 4.79 Å². The molecule has 0 spiro atoms. The van der Waals surface area contributed by atoms with Crippen LogP contribution >= 0.6 is 11.9 Å². The average Bonchev–Trinajstić information content (AvgIpc) is 2.47. The maximum Gasteiger partial charge on any atom is 0.330 e. The van der Waals surface area contributed by atoms with Gasteiger partial charge in [-0.2, -0.15) is 0 Å². The molecule has 13 heavy (non-hydrogen) atoms. The summed E-state index contributed by atoms with van der Waals surface area (Å²) in [4.78, 5) is 21.4. The fourth-order valence-electron chi connectivity index (χ4n) is 0.965. The molecule has 0 amide bonds. The van der Waals surface area contributed by atoms with Crippen molar-refractivity contribution in [3.63, 3.8) is 0 Å². The Morgan fingerprint density at radius 2 is 2.38 bits per heavy atom. The monoisotopic (exact) mass is 200 g/mol. The number of hydrogen-bond donors (Lipinski definition) is 1. The molecule has 0 bridgehead atoms. The first-order valence-electron chi connectivity index (χ1n) is 3.82. The number of nitroso groups, excluding NO2 is 1.